The summed E-state index contributed by atoms with van der Waals surface area (Å²) >= 11 is 0. The van der Waals surface area contributed by atoms with Gasteiger partial charge in [-0.1, -0.05) is 0 Å². The number of alkyl halides is 2. The summed E-state index contributed by atoms with van der Waals surface area (Å²) in [6.07, 6.45) is 0. The molecule has 1 aromatic carbocycles. The Kier molecular flexibility index (Phi) is 3.82. The average Bonchev–Trinajstić information content (AvgIpc) is 2.30. The maximum atomic E-state index is 12.0. The van der Waals surface area contributed by atoms with E-state index in [2.05, 4.69) is 9.47 Å². The number of hydrogen-bond acceptors (Lipinski definition) is 5. The lowest BCUT2D eigenvalue weighted by Gasteiger charge is -2.09. The van der Waals surface area contributed by atoms with Gasteiger partial charge in [0.15, 0.2) is 11.5 Å². The maximum Gasteiger partial charge on any atom is 0.387 e. The van der Waals surface area contributed by atoms with Gasteiger partial charge in [-0.05, 0) is 12.1 Å². The van der Waals surface area contributed by atoms with Gasteiger partial charge in [0.25, 0.3) is 0 Å². The molecule has 0 unspecified atom stereocenters. The van der Waals surface area contributed by atoms with E-state index >= 15 is 0 Å². The van der Waals surface area contributed by atoms with Crippen molar-refractivity contribution in [2.24, 2.45) is 0 Å². The first-order chi connectivity index (χ1) is 7.99. The fourth-order valence-electron chi connectivity index (χ4n) is 1.11. The summed E-state index contributed by atoms with van der Waals surface area (Å²) in [5.74, 6) is -2.24. The highest BCUT2D eigenvalue weighted by atomic mass is 19.3. The van der Waals surface area contributed by atoms with Crippen molar-refractivity contribution in [3.8, 4) is 17.6 Å². The molecule has 0 fully saturated rings. The topological polar surface area (TPSA) is 79.6 Å². The zero-order valence-corrected chi connectivity index (χ0v) is 8.61. The molecule has 0 radical (unpaired) electrons. The molecule has 0 aliphatic heterocycles. The van der Waals surface area contributed by atoms with Crippen LogP contribution in [-0.2, 0) is 4.74 Å². The zero-order valence-electron chi connectivity index (χ0n) is 8.61. The number of phenols is 1. The first-order valence-corrected chi connectivity index (χ1v) is 4.29. The summed E-state index contributed by atoms with van der Waals surface area (Å²) < 4.78 is 32.4. The number of phenolic OH excluding ortho intramolecular Hbond substituents is 1. The normalized spacial score (nSPS) is 9.82. The van der Waals surface area contributed by atoms with Crippen LogP contribution >= 0.6 is 0 Å². The number of carbonyl (C=O) groups excluding carboxylic acids is 1. The predicted octanol–water partition coefficient (Wildman–Crippen LogP) is 1.65. The Morgan fingerprint density at radius 1 is 1.53 bits per heavy atom. The number of nitrogens with zero attached hydrogens (tertiary/aromatic N) is 1. The number of carbonyl (C=O) groups is 1. The van der Waals surface area contributed by atoms with E-state index in [1.807, 2.05) is 0 Å². The minimum absolute atomic E-state index is 0.169. The van der Waals surface area contributed by atoms with Gasteiger partial charge in [0, 0.05) is 0 Å². The fraction of sp³-hybridized carbons (Fsp3) is 0.200. The number of aromatic hydroxyl groups is 1. The molecule has 0 heterocycles. The van der Waals surface area contributed by atoms with Crippen molar-refractivity contribution >= 4 is 5.97 Å². The van der Waals surface area contributed by atoms with E-state index in [0.717, 1.165) is 19.2 Å². The first kappa shape index (κ1) is 12.7. The molecule has 0 atom stereocenters. The summed E-state index contributed by atoms with van der Waals surface area (Å²) in [4.78, 5) is 11.2. The van der Waals surface area contributed by atoms with Gasteiger partial charge in [-0.3, -0.25) is 0 Å². The van der Waals surface area contributed by atoms with Crippen molar-refractivity contribution in [1.82, 2.24) is 0 Å². The Morgan fingerprint density at radius 2 is 2.18 bits per heavy atom. The van der Waals surface area contributed by atoms with E-state index < -0.39 is 24.1 Å². The van der Waals surface area contributed by atoms with Gasteiger partial charge in [-0.25, -0.2) is 4.79 Å². The summed E-state index contributed by atoms with van der Waals surface area (Å²) in [5, 5.41) is 18.0. The molecular formula is C10H7F2NO4. The number of ether oxygens (including phenoxy) is 2. The van der Waals surface area contributed by atoms with Crippen molar-refractivity contribution in [2.75, 3.05) is 7.11 Å². The molecule has 0 saturated carbocycles. The molecule has 0 saturated heterocycles. The largest absolute Gasteiger partial charge is 0.503 e. The van der Waals surface area contributed by atoms with Gasteiger partial charge in [0.1, 0.15) is 6.07 Å². The quantitative estimate of drug-likeness (QED) is 0.816. The maximum absolute atomic E-state index is 12.0. The molecule has 1 rings (SSSR count). The Hall–Kier alpha value is -2.36. The number of benzene rings is 1. The third-order valence-corrected chi connectivity index (χ3v) is 1.83. The van der Waals surface area contributed by atoms with Crippen LogP contribution in [-0.4, -0.2) is 24.8 Å². The fourth-order valence-corrected chi connectivity index (χ4v) is 1.11. The van der Waals surface area contributed by atoms with Crippen LogP contribution in [0.2, 0.25) is 0 Å². The smallest absolute Gasteiger partial charge is 0.387 e. The third-order valence-electron chi connectivity index (χ3n) is 1.83. The van der Waals surface area contributed by atoms with E-state index in [4.69, 9.17) is 5.26 Å². The highest BCUT2D eigenvalue weighted by Crippen LogP contribution is 2.32. The molecule has 0 spiro atoms. The molecule has 1 aromatic rings. The number of hydrogen-bond donors (Lipinski definition) is 1. The summed E-state index contributed by atoms with van der Waals surface area (Å²) in [6, 6.07) is 3.43. The van der Waals surface area contributed by atoms with E-state index in [9.17, 15) is 18.7 Å². The van der Waals surface area contributed by atoms with E-state index in [1.54, 1.807) is 6.07 Å². The van der Waals surface area contributed by atoms with E-state index in [1.165, 1.54) is 0 Å². The second-order valence-corrected chi connectivity index (χ2v) is 2.85. The molecule has 0 amide bonds. The highest BCUT2D eigenvalue weighted by Gasteiger charge is 2.18. The number of nitriles is 1. The summed E-state index contributed by atoms with van der Waals surface area (Å²) in [5.41, 5.74) is -0.527. The molecule has 90 valence electrons. The van der Waals surface area contributed by atoms with Gasteiger partial charge in [-0.15, -0.1) is 0 Å². The summed E-state index contributed by atoms with van der Waals surface area (Å²) in [7, 11) is 1.09. The van der Waals surface area contributed by atoms with Gasteiger partial charge >= 0.3 is 12.6 Å². The van der Waals surface area contributed by atoms with Crippen molar-refractivity contribution < 1.29 is 28.2 Å². The van der Waals surface area contributed by atoms with Crippen LogP contribution in [0, 0.1) is 11.3 Å². The Bertz CT molecular complexity index is 482. The van der Waals surface area contributed by atoms with Crippen molar-refractivity contribution in [2.45, 2.75) is 6.61 Å². The first-order valence-electron chi connectivity index (χ1n) is 4.29. The summed E-state index contributed by atoms with van der Waals surface area (Å²) in [6.45, 7) is -3.18. The Labute approximate surface area is 94.8 Å². The van der Waals surface area contributed by atoms with Crippen LogP contribution in [0.3, 0.4) is 0 Å². The molecule has 0 bridgehead atoms. The number of methoxy groups -OCH3 is 1. The van der Waals surface area contributed by atoms with Crippen LogP contribution in [0.1, 0.15) is 15.9 Å². The van der Waals surface area contributed by atoms with Gasteiger partial charge < -0.3 is 14.6 Å². The van der Waals surface area contributed by atoms with Gasteiger partial charge in [-0.2, -0.15) is 14.0 Å². The van der Waals surface area contributed by atoms with Gasteiger partial charge in [0.2, 0.25) is 0 Å². The van der Waals surface area contributed by atoms with Crippen LogP contribution in [0.5, 0.6) is 11.5 Å². The molecule has 0 aliphatic rings. The molecule has 5 nitrogen and oxygen atoms in total. The van der Waals surface area contributed by atoms with E-state index in [0.29, 0.717) is 0 Å². The molecule has 0 aromatic heterocycles. The highest BCUT2D eigenvalue weighted by molar-refractivity contribution is 5.91. The standard InChI is InChI=1S/C10H7F2NO4/c1-16-9(15)5-2-6(4-13)8(14)7(3-5)17-10(11)12/h2-3,10,14H,1H3. The van der Waals surface area contributed by atoms with Crippen molar-refractivity contribution in [1.29, 1.82) is 5.26 Å². The lowest BCUT2D eigenvalue weighted by Crippen LogP contribution is -2.06. The Balaban J connectivity index is 3.29. The van der Waals surface area contributed by atoms with Crippen LogP contribution in [0.25, 0.3) is 0 Å². The number of halogens is 2. The molecule has 17 heavy (non-hydrogen) atoms. The predicted molar refractivity (Wildman–Crippen MR) is 50.8 cm³/mol. The monoisotopic (exact) mass is 243 g/mol. The molecule has 1 N–H and O–H groups in total. The van der Waals surface area contributed by atoms with E-state index in [-0.39, 0.29) is 11.1 Å². The van der Waals surface area contributed by atoms with Crippen LogP contribution in [0.15, 0.2) is 12.1 Å². The number of esters is 1. The lowest BCUT2D eigenvalue weighted by molar-refractivity contribution is -0.0513. The van der Waals surface area contributed by atoms with Crippen molar-refractivity contribution in [3.05, 3.63) is 23.3 Å². The molecular weight excluding hydrogens is 236 g/mol. The average molecular weight is 243 g/mol. The third kappa shape index (κ3) is 2.81. The minimum Gasteiger partial charge on any atom is -0.503 e. The molecule has 0 aliphatic carbocycles. The second-order valence-electron chi connectivity index (χ2n) is 2.85. The van der Waals surface area contributed by atoms with Crippen molar-refractivity contribution in [3.63, 3.8) is 0 Å². The minimum atomic E-state index is -3.18. The second kappa shape index (κ2) is 5.12. The van der Waals surface area contributed by atoms with Gasteiger partial charge in [0.05, 0.1) is 18.2 Å². The molecule has 7 heteroatoms. The SMILES string of the molecule is COC(=O)c1cc(C#N)c(O)c(OC(F)F)c1. The zero-order chi connectivity index (χ0) is 13.0. The number of rotatable bonds is 3. The van der Waals surface area contributed by atoms with Crippen LogP contribution < -0.4 is 4.74 Å². The van der Waals surface area contributed by atoms with Crippen LogP contribution in [0.4, 0.5) is 8.78 Å². The lowest BCUT2D eigenvalue weighted by atomic mass is 10.1. The Morgan fingerprint density at radius 3 is 2.65 bits per heavy atom.